The van der Waals surface area contributed by atoms with E-state index < -0.39 is 0 Å². The van der Waals surface area contributed by atoms with Crippen LogP contribution in [0.4, 0.5) is 10.8 Å². The smallest absolute Gasteiger partial charge is 0.234 e. The molecule has 0 saturated carbocycles. The van der Waals surface area contributed by atoms with Gasteiger partial charge in [0, 0.05) is 24.8 Å². The molecule has 0 saturated heterocycles. The fourth-order valence-electron chi connectivity index (χ4n) is 4.07. The van der Waals surface area contributed by atoms with Crippen molar-refractivity contribution in [2.75, 3.05) is 35.7 Å². The van der Waals surface area contributed by atoms with Crippen molar-refractivity contribution in [1.82, 2.24) is 15.0 Å². The molecule has 2 aliphatic heterocycles. The molecule has 172 valence electrons. The molecule has 4 heterocycles. The highest BCUT2D eigenvalue weighted by atomic mass is 32.2. The van der Waals surface area contributed by atoms with Crippen molar-refractivity contribution >= 4 is 50.2 Å². The molecule has 0 aliphatic carbocycles. The zero-order valence-electron chi connectivity index (χ0n) is 18.2. The molecule has 8 nitrogen and oxygen atoms in total. The minimum absolute atomic E-state index is 0.120. The Morgan fingerprint density at radius 3 is 2.85 bits per heavy atom. The van der Waals surface area contributed by atoms with E-state index in [1.54, 1.807) is 17.4 Å². The Bertz CT molecular complexity index is 1380. The number of nitrogens with one attached hydrogen (secondary N) is 1. The van der Waals surface area contributed by atoms with Gasteiger partial charge in [-0.05, 0) is 29.7 Å². The molecule has 0 spiro atoms. The molecule has 0 fully saturated rings. The molecule has 10 heteroatoms. The summed E-state index contributed by atoms with van der Waals surface area (Å²) in [5, 5.41) is 4.62. The molecule has 6 rings (SSSR count). The second-order valence-electron chi connectivity index (χ2n) is 7.96. The van der Waals surface area contributed by atoms with Crippen LogP contribution < -0.4 is 19.7 Å². The number of amides is 1. The van der Waals surface area contributed by atoms with Crippen molar-refractivity contribution in [2.45, 2.75) is 18.0 Å². The number of carbonyl (C=O) groups excluding carboxylic acids is 1. The third-order valence-corrected chi connectivity index (χ3v) is 7.95. The van der Waals surface area contributed by atoms with Crippen LogP contribution in [-0.2, 0) is 17.8 Å². The number of hydrogen-bond acceptors (Lipinski definition) is 9. The second kappa shape index (κ2) is 9.11. The zero-order valence-corrected chi connectivity index (χ0v) is 19.8. The molecule has 0 bridgehead atoms. The Labute approximate surface area is 204 Å². The summed E-state index contributed by atoms with van der Waals surface area (Å²) in [7, 11) is 0. The van der Waals surface area contributed by atoms with E-state index in [0.29, 0.717) is 36.0 Å². The molecule has 2 aromatic heterocycles. The third kappa shape index (κ3) is 4.26. The zero-order chi connectivity index (χ0) is 22.9. The number of hydrogen-bond donors (Lipinski definition) is 1. The van der Waals surface area contributed by atoms with Gasteiger partial charge in [0.1, 0.15) is 29.3 Å². The second-order valence-corrected chi connectivity index (χ2v) is 9.91. The Morgan fingerprint density at radius 1 is 1.09 bits per heavy atom. The van der Waals surface area contributed by atoms with Crippen LogP contribution in [0, 0.1) is 0 Å². The number of rotatable bonds is 5. The van der Waals surface area contributed by atoms with Gasteiger partial charge in [-0.15, -0.1) is 0 Å². The summed E-state index contributed by atoms with van der Waals surface area (Å²) >= 11 is 2.97. The van der Waals surface area contributed by atoms with E-state index in [1.807, 2.05) is 12.1 Å². The van der Waals surface area contributed by atoms with Crippen LogP contribution in [0.2, 0.25) is 0 Å². The predicted octanol–water partition coefficient (Wildman–Crippen LogP) is 4.15. The van der Waals surface area contributed by atoms with Gasteiger partial charge in [-0.25, -0.2) is 9.97 Å². The van der Waals surface area contributed by atoms with Crippen LogP contribution in [0.5, 0.6) is 11.5 Å². The lowest BCUT2D eigenvalue weighted by Gasteiger charge is -2.28. The van der Waals surface area contributed by atoms with Gasteiger partial charge in [-0.3, -0.25) is 4.79 Å². The molecule has 34 heavy (non-hydrogen) atoms. The summed E-state index contributed by atoms with van der Waals surface area (Å²) in [5.41, 5.74) is 4.08. The van der Waals surface area contributed by atoms with E-state index >= 15 is 0 Å². The normalized spacial score (nSPS) is 14.6. The van der Waals surface area contributed by atoms with Crippen molar-refractivity contribution < 1.29 is 14.3 Å². The molecule has 2 aromatic carbocycles. The molecule has 0 radical (unpaired) electrons. The van der Waals surface area contributed by atoms with Gasteiger partial charge in [0.25, 0.3) is 0 Å². The van der Waals surface area contributed by atoms with E-state index in [0.717, 1.165) is 34.4 Å². The van der Waals surface area contributed by atoms with Crippen LogP contribution in [0.15, 0.2) is 53.8 Å². The maximum atomic E-state index is 12.6. The predicted molar refractivity (Wildman–Crippen MR) is 133 cm³/mol. The summed E-state index contributed by atoms with van der Waals surface area (Å²) in [6.45, 7) is 2.80. The van der Waals surface area contributed by atoms with Gasteiger partial charge in [0.2, 0.25) is 5.91 Å². The molecular formula is C24H21N5O3S2. The number of thioether (sulfide) groups is 1. The average molecular weight is 492 g/mol. The first-order chi connectivity index (χ1) is 16.7. The molecule has 0 atom stereocenters. The molecule has 4 aromatic rings. The first-order valence-electron chi connectivity index (χ1n) is 11.0. The Hall–Kier alpha value is -3.37. The first kappa shape index (κ1) is 21.2. The summed E-state index contributed by atoms with van der Waals surface area (Å²) in [5.74, 6) is 1.45. The highest BCUT2D eigenvalue weighted by Gasteiger charge is 2.21. The van der Waals surface area contributed by atoms with Crippen LogP contribution in [0.25, 0.3) is 10.3 Å². The van der Waals surface area contributed by atoms with Gasteiger partial charge >= 0.3 is 0 Å². The van der Waals surface area contributed by atoms with E-state index in [4.69, 9.17) is 14.5 Å². The number of anilines is 2. The van der Waals surface area contributed by atoms with Gasteiger partial charge in [-0.2, -0.15) is 4.98 Å². The van der Waals surface area contributed by atoms with Gasteiger partial charge in [-0.1, -0.05) is 47.4 Å². The standard InChI is InChI=1S/C24H21N5O3S2/c30-20(27-17-5-6-18-19(11-17)32-10-9-31-18)13-33-23-21-22(25-14-26-23)28-24(34-21)29-8-7-15-3-1-2-4-16(15)12-29/h1-6,11,14H,7-10,12-13H2,(H,27,30). The maximum Gasteiger partial charge on any atom is 0.234 e. The quantitative estimate of drug-likeness (QED) is 0.329. The minimum Gasteiger partial charge on any atom is -0.486 e. The largest absolute Gasteiger partial charge is 0.486 e. The summed E-state index contributed by atoms with van der Waals surface area (Å²) in [6, 6.07) is 13.9. The number of benzene rings is 2. The number of fused-ring (bicyclic) bond motifs is 3. The highest BCUT2D eigenvalue weighted by molar-refractivity contribution is 8.00. The molecular weight excluding hydrogens is 470 g/mol. The highest BCUT2D eigenvalue weighted by Crippen LogP contribution is 2.36. The fourth-order valence-corrected chi connectivity index (χ4v) is 5.99. The van der Waals surface area contributed by atoms with E-state index in [-0.39, 0.29) is 11.7 Å². The van der Waals surface area contributed by atoms with Crippen molar-refractivity contribution in [2.24, 2.45) is 0 Å². The van der Waals surface area contributed by atoms with Crippen molar-refractivity contribution in [3.63, 3.8) is 0 Å². The summed E-state index contributed by atoms with van der Waals surface area (Å²) in [4.78, 5) is 28.4. The van der Waals surface area contributed by atoms with E-state index in [2.05, 4.69) is 44.5 Å². The van der Waals surface area contributed by atoms with Crippen molar-refractivity contribution in [3.8, 4) is 11.5 Å². The minimum atomic E-state index is -0.120. The molecule has 0 unspecified atom stereocenters. The summed E-state index contributed by atoms with van der Waals surface area (Å²) in [6.07, 6.45) is 2.51. The fraction of sp³-hybridized carbons (Fsp3) is 0.250. The number of aromatic nitrogens is 3. The lowest BCUT2D eigenvalue weighted by Crippen LogP contribution is -2.30. The Morgan fingerprint density at radius 2 is 1.94 bits per heavy atom. The lowest BCUT2D eigenvalue weighted by atomic mass is 10.0. The average Bonchev–Trinajstić information content (AvgIpc) is 3.32. The SMILES string of the molecule is O=C(CSc1ncnc2nc(N3CCc4ccccc4C3)sc12)Nc1ccc2c(c1)OCCO2. The summed E-state index contributed by atoms with van der Waals surface area (Å²) < 4.78 is 12.0. The topological polar surface area (TPSA) is 89.5 Å². The van der Waals surface area contributed by atoms with Gasteiger partial charge in [0.05, 0.1) is 5.75 Å². The van der Waals surface area contributed by atoms with Crippen LogP contribution >= 0.6 is 23.1 Å². The third-order valence-electron chi connectivity index (χ3n) is 5.71. The molecule has 1 amide bonds. The number of nitrogens with zero attached hydrogens (tertiary/aromatic N) is 4. The molecule has 1 N–H and O–H groups in total. The van der Waals surface area contributed by atoms with Crippen LogP contribution in [-0.4, -0.2) is 46.4 Å². The maximum absolute atomic E-state index is 12.6. The Balaban J connectivity index is 1.14. The lowest BCUT2D eigenvalue weighted by molar-refractivity contribution is -0.113. The van der Waals surface area contributed by atoms with Gasteiger partial charge < -0.3 is 19.7 Å². The van der Waals surface area contributed by atoms with E-state index in [9.17, 15) is 4.79 Å². The van der Waals surface area contributed by atoms with E-state index in [1.165, 1.54) is 29.2 Å². The van der Waals surface area contributed by atoms with Crippen LogP contribution in [0.3, 0.4) is 0 Å². The first-order valence-corrected chi connectivity index (χ1v) is 12.8. The van der Waals surface area contributed by atoms with Crippen molar-refractivity contribution in [1.29, 1.82) is 0 Å². The Kier molecular flexibility index (Phi) is 5.68. The monoisotopic (exact) mass is 491 g/mol. The number of carbonyl (C=O) groups is 1. The molecule has 2 aliphatic rings. The number of thiazole rings is 1. The number of ether oxygens (including phenoxy) is 2. The van der Waals surface area contributed by atoms with Crippen molar-refractivity contribution in [3.05, 3.63) is 59.9 Å². The van der Waals surface area contributed by atoms with Crippen LogP contribution in [0.1, 0.15) is 11.1 Å². The van der Waals surface area contributed by atoms with Gasteiger partial charge in [0.15, 0.2) is 22.3 Å².